The quantitative estimate of drug-likeness (QED) is 0.365. The second-order valence-electron chi connectivity index (χ2n) is 4.53. The number of aromatic amines is 2. The van der Waals surface area contributed by atoms with Gasteiger partial charge in [0.05, 0.1) is 15.9 Å². The van der Waals surface area contributed by atoms with Gasteiger partial charge in [-0.15, -0.1) is 0 Å². The smallest absolute Gasteiger partial charge is 0.306 e. The molecule has 0 fully saturated rings. The second-order valence-corrected chi connectivity index (χ2v) is 7.46. The number of nitrogens with one attached hydrogen (secondary N) is 2. The molecule has 0 amide bonds. The molecule has 7 heteroatoms. The van der Waals surface area contributed by atoms with Crippen molar-refractivity contribution >= 4 is 65.5 Å². The Morgan fingerprint density at radius 3 is 2.43 bits per heavy atom. The van der Waals surface area contributed by atoms with E-state index in [1.165, 1.54) is 12.1 Å². The molecule has 1 heterocycles. The average Bonchev–Trinajstić information content (AvgIpc) is 2.76. The van der Waals surface area contributed by atoms with Crippen molar-refractivity contribution in [2.45, 2.75) is 4.83 Å². The predicted octanol–water partition coefficient (Wildman–Crippen LogP) is 4.85. The summed E-state index contributed by atoms with van der Waals surface area (Å²) in [5.41, 5.74) is 3.16. The molecule has 0 bridgehead atoms. The minimum Gasteiger partial charge on any atom is -0.306 e. The Bertz CT molecular complexity index is 890. The molecule has 0 saturated carbocycles. The molecule has 1 aromatic heterocycles. The summed E-state index contributed by atoms with van der Waals surface area (Å²) in [6.07, 6.45) is 0. The number of alkyl halides is 1. The third kappa shape index (κ3) is 2.95. The highest BCUT2D eigenvalue weighted by Gasteiger charge is 2.18. The van der Waals surface area contributed by atoms with Crippen molar-refractivity contribution < 1.29 is 4.39 Å². The summed E-state index contributed by atoms with van der Waals surface area (Å²) in [5.74, 6) is -0.257. The SMILES string of the molecule is O=c1[nH]c2cc(Br)c(C(Br)c3ccc(F)cc3I)cc2[nH]1. The lowest BCUT2D eigenvalue weighted by molar-refractivity contribution is 0.626. The van der Waals surface area contributed by atoms with Gasteiger partial charge in [-0.3, -0.25) is 0 Å². The summed E-state index contributed by atoms with van der Waals surface area (Å²) in [4.78, 5) is 16.7. The number of rotatable bonds is 2. The minimum absolute atomic E-state index is 0.109. The van der Waals surface area contributed by atoms with Gasteiger partial charge in [0.15, 0.2) is 0 Å². The molecule has 2 N–H and O–H groups in total. The van der Waals surface area contributed by atoms with Crippen LogP contribution >= 0.6 is 54.5 Å². The molecule has 0 saturated heterocycles. The standard InChI is InChI=1S/C14H8Br2FIN2O/c15-9-5-12-11(19-14(21)20-12)4-8(9)13(16)7-2-1-6(17)3-10(7)18/h1-5,13H,(H2,19,20,21). The van der Waals surface area contributed by atoms with Crippen LogP contribution in [0.1, 0.15) is 16.0 Å². The summed E-state index contributed by atoms with van der Waals surface area (Å²) in [6, 6.07) is 8.45. The Morgan fingerprint density at radius 2 is 1.76 bits per heavy atom. The summed E-state index contributed by atoms with van der Waals surface area (Å²) < 4.78 is 14.9. The van der Waals surface area contributed by atoms with Gasteiger partial charge in [-0.1, -0.05) is 37.9 Å². The summed E-state index contributed by atoms with van der Waals surface area (Å²) in [7, 11) is 0. The first-order chi connectivity index (χ1) is 9.95. The highest BCUT2D eigenvalue weighted by Crippen LogP contribution is 2.38. The van der Waals surface area contributed by atoms with Gasteiger partial charge in [0.2, 0.25) is 0 Å². The van der Waals surface area contributed by atoms with Crippen LogP contribution in [0.2, 0.25) is 0 Å². The van der Waals surface area contributed by atoms with E-state index in [1.54, 1.807) is 6.07 Å². The fourth-order valence-electron chi connectivity index (χ4n) is 2.14. The number of benzene rings is 2. The number of hydrogen-bond acceptors (Lipinski definition) is 1. The maximum Gasteiger partial charge on any atom is 0.323 e. The molecule has 1 atom stereocenters. The number of fused-ring (bicyclic) bond motifs is 1. The molecular formula is C14H8Br2FIN2O. The van der Waals surface area contributed by atoms with Crippen LogP contribution in [0, 0.1) is 9.39 Å². The minimum atomic E-state index is -0.257. The molecular weight excluding hydrogens is 518 g/mol. The average molecular weight is 526 g/mol. The second kappa shape index (κ2) is 5.85. The Hall–Kier alpha value is -0.670. The van der Waals surface area contributed by atoms with Gasteiger partial charge in [-0.2, -0.15) is 0 Å². The van der Waals surface area contributed by atoms with Gasteiger partial charge >= 0.3 is 5.69 Å². The largest absolute Gasteiger partial charge is 0.323 e. The van der Waals surface area contributed by atoms with Gasteiger partial charge in [0, 0.05) is 8.04 Å². The zero-order chi connectivity index (χ0) is 15.1. The lowest BCUT2D eigenvalue weighted by Gasteiger charge is -2.15. The molecule has 0 radical (unpaired) electrons. The number of hydrogen-bond donors (Lipinski definition) is 2. The molecule has 0 aliphatic carbocycles. The van der Waals surface area contributed by atoms with Crippen molar-refractivity contribution in [1.82, 2.24) is 9.97 Å². The fraction of sp³-hybridized carbons (Fsp3) is 0.0714. The lowest BCUT2D eigenvalue weighted by Crippen LogP contribution is -1.99. The highest BCUT2D eigenvalue weighted by molar-refractivity contribution is 14.1. The van der Waals surface area contributed by atoms with Crippen LogP contribution in [0.3, 0.4) is 0 Å². The Labute approximate surface area is 149 Å². The number of imidazole rings is 1. The normalized spacial score (nSPS) is 12.8. The first-order valence-corrected chi connectivity index (χ1v) is 8.75. The van der Waals surface area contributed by atoms with E-state index in [4.69, 9.17) is 0 Å². The lowest BCUT2D eigenvalue weighted by atomic mass is 10.0. The Kier molecular flexibility index (Phi) is 4.24. The number of H-pyrrole nitrogens is 2. The predicted molar refractivity (Wildman–Crippen MR) is 96.5 cm³/mol. The van der Waals surface area contributed by atoms with Gasteiger partial charge in [-0.25, -0.2) is 9.18 Å². The summed E-state index contributed by atoms with van der Waals surface area (Å²) in [5, 5.41) is 0. The number of halogens is 4. The van der Waals surface area contributed by atoms with E-state index in [0.717, 1.165) is 30.2 Å². The van der Waals surface area contributed by atoms with Gasteiger partial charge < -0.3 is 9.97 Å². The van der Waals surface area contributed by atoms with Crippen LogP contribution < -0.4 is 5.69 Å². The first kappa shape index (κ1) is 15.2. The van der Waals surface area contributed by atoms with Crippen LogP contribution in [0.25, 0.3) is 11.0 Å². The third-order valence-electron chi connectivity index (χ3n) is 3.14. The van der Waals surface area contributed by atoms with E-state index < -0.39 is 0 Å². The van der Waals surface area contributed by atoms with Crippen molar-refractivity contribution in [3.8, 4) is 0 Å². The zero-order valence-electron chi connectivity index (χ0n) is 10.4. The maximum absolute atomic E-state index is 13.2. The van der Waals surface area contributed by atoms with Crippen molar-refractivity contribution in [2.75, 3.05) is 0 Å². The van der Waals surface area contributed by atoms with Crippen molar-refractivity contribution in [3.63, 3.8) is 0 Å². The molecule has 0 spiro atoms. The molecule has 3 aromatic rings. The first-order valence-electron chi connectivity index (χ1n) is 5.96. The van der Waals surface area contributed by atoms with E-state index in [-0.39, 0.29) is 16.3 Å². The van der Waals surface area contributed by atoms with Crippen molar-refractivity contribution in [3.05, 3.63) is 65.8 Å². The highest BCUT2D eigenvalue weighted by atomic mass is 127. The maximum atomic E-state index is 13.2. The van der Waals surface area contributed by atoms with E-state index in [0.29, 0.717) is 0 Å². The van der Waals surface area contributed by atoms with Gasteiger partial charge in [-0.05, 0) is 58.0 Å². The van der Waals surface area contributed by atoms with Crippen LogP contribution in [0.15, 0.2) is 39.6 Å². The van der Waals surface area contributed by atoms with Crippen molar-refractivity contribution in [1.29, 1.82) is 0 Å². The van der Waals surface area contributed by atoms with Crippen LogP contribution in [0.5, 0.6) is 0 Å². The Morgan fingerprint density at radius 1 is 1.10 bits per heavy atom. The van der Waals surface area contributed by atoms with Gasteiger partial charge in [0.1, 0.15) is 5.82 Å². The van der Waals surface area contributed by atoms with Crippen LogP contribution in [-0.4, -0.2) is 9.97 Å². The number of aromatic nitrogens is 2. The van der Waals surface area contributed by atoms with Gasteiger partial charge in [0.25, 0.3) is 0 Å². The Balaban J connectivity index is 2.14. The molecule has 0 aliphatic heterocycles. The molecule has 0 aliphatic rings. The molecule has 21 heavy (non-hydrogen) atoms. The topological polar surface area (TPSA) is 48.6 Å². The molecule has 1 unspecified atom stereocenters. The van der Waals surface area contributed by atoms with Crippen LogP contribution in [0.4, 0.5) is 4.39 Å². The van der Waals surface area contributed by atoms with Crippen LogP contribution in [-0.2, 0) is 0 Å². The zero-order valence-corrected chi connectivity index (χ0v) is 15.7. The summed E-state index contributed by atoms with van der Waals surface area (Å²) in [6.45, 7) is 0. The van der Waals surface area contributed by atoms with E-state index in [9.17, 15) is 9.18 Å². The summed E-state index contributed by atoms with van der Waals surface area (Å²) >= 11 is 9.29. The monoisotopic (exact) mass is 524 g/mol. The molecule has 2 aromatic carbocycles. The molecule has 3 rings (SSSR count). The van der Waals surface area contributed by atoms with E-state index in [2.05, 4.69) is 64.4 Å². The third-order valence-corrected chi connectivity index (χ3v) is 5.75. The fourth-order valence-corrected chi connectivity index (χ4v) is 5.02. The van der Waals surface area contributed by atoms with Crippen molar-refractivity contribution in [2.24, 2.45) is 0 Å². The molecule has 3 nitrogen and oxygen atoms in total. The van der Waals surface area contributed by atoms with E-state index in [1.807, 2.05) is 12.1 Å². The van der Waals surface area contributed by atoms with E-state index >= 15 is 0 Å². The molecule has 108 valence electrons.